The van der Waals surface area contributed by atoms with Gasteiger partial charge in [-0.25, -0.2) is 15.0 Å². The number of nitrogens with zero attached hydrogens (tertiary/aromatic N) is 6. The third-order valence-electron chi connectivity index (χ3n) is 7.40. The number of likely N-dealkylation sites (N-methyl/N-ethyl adjacent to an activating group) is 1. The van der Waals surface area contributed by atoms with Gasteiger partial charge in [0.15, 0.2) is 0 Å². The summed E-state index contributed by atoms with van der Waals surface area (Å²) in [6.45, 7) is 5.21. The zero-order valence-electron chi connectivity index (χ0n) is 20.3. The average molecular weight is 476 g/mol. The van der Waals surface area contributed by atoms with Crippen LogP contribution in [0.3, 0.4) is 0 Å². The predicted octanol–water partition coefficient (Wildman–Crippen LogP) is 3.05. The van der Waals surface area contributed by atoms with Crippen molar-refractivity contribution < 1.29 is 9.47 Å². The molecule has 1 saturated carbocycles. The third-order valence-corrected chi connectivity index (χ3v) is 7.40. The van der Waals surface area contributed by atoms with E-state index in [1.165, 1.54) is 11.3 Å². The van der Waals surface area contributed by atoms with Crippen LogP contribution in [-0.2, 0) is 17.7 Å². The molecule has 9 heteroatoms. The summed E-state index contributed by atoms with van der Waals surface area (Å²) in [5, 5.41) is 3.72. The molecule has 0 radical (unpaired) electrons. The van der Waals surface area contributed by atoms with Crippen molar-refractivity contribution in [3.8, 4) is 5.75 Å². The van der Waals surface area contributed by atoms with E-state index in [2.05, 4.69) is 54.2 Å². The van der Waals surface area contributed by atoms with Crippen molar-refractivity contribution in [1.29, 1.82) is 0 Å². The molecule has 0 bridgehead atoms. The maximum atomic E-state index is 6.58. The van der Waals surface area contributed by atoms with Crippen molar-refractivity contribution in [2.75, 3.05) is 50.1 Å². The Labute approximate surface area is 205 Å². The molecule has 4 heterocycles. The van der Waals surface area contributed by atoms with Gasteiger partial charge in [-0.3, -0.25) is 4.98 Å². The van der Waals surface area contributed by atoms with E-state index >= 15 is 0 Å². The van der Waals surface area contributed by atoms with Crippen molar-refractivity contribution in [2.24, 2.45) is 0 Å². The molecule has 9 nitrogen and oxygen atoms in total. The van der Waals surface area contributed by atoms with Crippen LogP contribution in [0.15, 0.2) is 30.9 Å². The normalized spacial score (nSPS) is 23.2. The van der Waals surface area contributed by atoms with Crippen molar-refractivity contribution >= 4 is 22.5 Å². The van der Waals surface area contributed by atoms with Gasteiger partial charge in [0.05, 0.1) is 30.5 Å². The lowest BCUT2D eigenvalue weighted by atomic mass is 9.92. The van der Waals surface area contributed by atoms with Crippen LogP contribution in [-0.4, -0.2) is 76.9 Å². The molecule has 1 aliphatic carbocycles. The van der Waals surface area contributed by atoms with Gasteiger partial charge in [0, 0.05) is 68.4 Å². The first-order chi connectivity index (χ1) is 17.2. The maximum absolute atomic E-state index is 6.58. The van der Waals surface area contributed by atoms with E-state index < -0.39 is 0 Å². The highest BCUT2D eigenvalue weighted by atomic mass is 16.5. The van der Waals surface area contributed by atoms with Crippen molar-refractivity contribution in [2.45, 2.75) is 50.8 Å². The number of nitrogens with one attached hydrogen (secondary N) is 1. The molecule has 3 aliphatic rings. The molecule has 2 aliphatic heterocycles. The summed E-state index contributed by atoms with van der Waals surface area (Å²) in [7, 11) is 2.16. The number of fused-ring (bicyclic) bond motifs is 2. The first-order valence-electron chi connectivity index (χ1n) is 12.7. The minimum absolute atomic E-state index is 0.170. The van der Waals surface area contributed by atoms with Crippen molar-refractivity contribution in [3.63, 3.8) is 0 Å². The van der Waals surface area contributed by atoms with E-state index in [0.717, 1.165) is 99.8 Å². The zero-order valence-corrected chi connectivity index (χ0v) is 20.3. The fraction of sp³-hybridized carbons (Fsp3) is 0.538. The first kappa shape index (κ1) is 22.4. The fourth-order valence-corrected chi connectivity index (χ4v) is 5.42. The fourth-order valence-electron chi connectivity index (χ4n) is 5.42. The van der Waals surface area contributed by atoms with Gasteiger partial charge in [0.1, 0.15) is 23.4 Å². The molecule has 0 atom stereocenters. The first-order valence-corrected chi connectivity index (χ1v) is 12.7. The molecule has 2 fully saturated rings. The van der Waals surface area contributed by atoms with Gasteiger partial charge < -0.3 is 24.6 Å². The van der Waals surface area contributed by atoms with Crippen LogP contribution >= 0.6 is 0 Å². The average Bonchev–Trinajstić information content (AvgIpc) is 2.90. The molecule has 184 valence electrons. The summed E-state index contributed by atoms with van der Waals surface area (Å²) in [6.07, 6.45) is 10.4. The summed E-state index contributed by atoms with van der Waals surface area (Å²) in [5.74, 6) is 1.84. The van der Waals surface area contributed by atoms with Gasteiger partial charge in [-0.05, 0) is 38.8 Å². The number of ether oxygens (including phenoxy) is 2. The smallest absolute Gasteiger partial charge is 0.149 e. The lowest BCUT2D eigenvalue weighted by molar-refractivity contribution is 0.122. The second-order valence-electron chi connectivity index (χ2n) is 9.84. The lowest BCUT2D eigenvalue weighted by Gasteiger charge is -2.32. The second kappa shape index (κ2) is 9.91. The van der Waals surface area contributed by atoms with E-state index in [4.69, 9.17) is 9.47 Å². The summed E-state index contributed by atoms with van der Waals surface area (Å²) < 4.78 is 12.1. The van der Waals surface area contributed by atoms with Gasteiger partial charge in [-0.15, -0.1) is 0 Å². The van der Waals surface area contributed by atoms with Gasteiger partial charge in [-0.1, -0.05) is 0 Å². The molecule has 0 unspecified atom stereocenters. The van der Waals surface area contributed by atoms with Gasteiger partial charge >= 0.3 is 0 Å². The van der Waals surface area contributed by atoms with Gasteiger partial charge in [0.2, 0.25) is 0 Å². The van der Waals surface area contributed by atoms with E-state index in [1.807, 2.05) is 0 Å². The van der Waals surface area contributed by atoms with E-state index in [1.54, 1.807) is 18.7 Å². The molecule has 6 rings (SSSR count). The molecule has 2 aromatic heterocycles. The monoisotopic (exact) mass is 475 g/mol. The van der Waals surface area contributed by atoms with E-state index in [0.29, 0.717) is 6.04 Å². The Bertz CT molecular complexity index is 1180. The quantitative estimate of drug-likeness (QED) is 0.598. The molecule has 0 amide bonds. The summed E-state index contributed by atoms with van der Waals surface area (Å²) in [6, 6.07) is 4.65. The Balaban J connectivity index is 1.14. The molecular formula is C26H33N7O2. The number of rotatable bonds is 5. The van der Waals surface area contributed by atoms with Crippen LogP contribution in [0.25, 0.3) is 11.0 Å². The van der Waals surface area contributed by atoms with Crippen LogP contribution in [0.2, 0.25) is 0 Å². The highest BCUT2D eigenvalue weighted by molar-refractivity contribution is 5.85. The Hall–Kier alpha value is -3.04. The highest BCUT2D eigenvalue weighted by Crippen LogP contribution is 2.33. The Morgan fingerprint density at radius 2 is 1.80 bits per heavy atom. The number of hydrogen-bond acceptors (Lipinski definition) is 9. The molecular weight excluding hydrogens is 442 g/mol. The molecule has 1 aromatic carbocycles. The highest BCUT2D eigenvalue weighted by Gasteiger charge is 2.26. The van der Waals surface area contributed by atoms with Crippen molar-refractivity contribution in [3.05, 3.63) is 42.1 Å². The zero-order chi connectivity index (χ0) is 23.6. The Morgan fingerprint density at radius 1 is 0.971 bits per heavy atom. The minimum Gasteiger partial charge on any atom is -0.488 e. The standard InChI is InChI=1S/C26H33N7O2/c1-32-9-6-22-21(16-32)26(30-17-29-22)31-18-2-4-20(5-3-18)35-24-15-19(33-10-12-34-13-11-33)14-23-25(24)28-8-7-27-23/h7-8,14-15,17-18,20H,2-6,9-13,16H2,1H3,(H,29,30,31)/t18-,20+. The van der Waals surface area contributed by atoms with E-state index in [-0.39, 0.29) is 6.10 Å². The topological polar surface area (TPSA) is 88.5 Å². The number of hydrogen-bond donors (Lipinski definition) is 1. The Kier molecular flexibility index (Phi) is 6.35. The number of morpholine rings is 1. The SMILES string of the molecule is CN1CCc2ncnc(N[C@H]3CC[C@@H](Oc4cc(N5CCOCC5)cc5nccnc45)CC3)c2C1. The van der Waals surface area contributed by atoms with Gasteiger partial charge in [0.25, 0.3) is 0 Å². The molecule has 35 heavy (non-hydrogen) atoms. The van der Waals surface area contributed by atoms with Gasteiger partial charge in [-0.2, -0.15) is 0 Å². The second-order valence-corrected chi connectivity index (χ2v) is 9.84. The van der Waals surface area contributed by atoms with Crippen LogP contribution in [0.5, 0.6) is 5.75 Å². The molecule has 1 N–H and O–H groups in total. The summed E-state index contributed by atoms with van der Waals surface area (Å²) >= 11 is 0. The molecule has 0 spiro atoms. The van der Waals surface area contributed by atoms with Crippen LogP contribution in [0.4, 0.5) is 11.5 Å². The van der Waals surface area contributed by atoms with Crippen LogP contribution < -0.4 is 15.0 Å². The van der Waals surface area contributed by atoms with Crippen molar-refractivity contribution in [1.82, 2.24) is 24.8 Å². The number of benzene rings is 1. The lowest BCUT2D eigenvalue weighted by Crippen LogP contribution is -2.36. The summed E-state index contributed by atoms with van der Waals surface area (Å²) in [4.78, 5) is 22.9. The Morgan fingerprint density at radius 3 is 2.66 bits per heavy atom. The van der Waals surface area contributed by atoms with Crippen LogP contribution in [0, 0.1) is 0 Å². The summed E-state index contributed by atoms with van der Waals surface area (Å²) in [5.41, 5.74) is 5.28. The maximum Gasteiger partial charge on any atom is 0.149 e. The minimum atomic E-state index is 0.170. The molecule has 1 saturated heterocycles. The third kappa shape index (κ3) is 4.88. The van der Waals surface area contributed by atoms with E-state index in [9.17, 15) is 0 Å². The largest absolute Gasteiger partial charge is 0.488 e. The predicted molar refractivity (Wildman–Crippen MR) is 135 cm³/mol. The van der Waals surface area contributed by atoms with Crippen LogP contribution in [0.1, 0.15) is 36.9 Å². The number of aromatic nitrogens is 4. The molecule has 3 aromatic rings. The number of anilines is 2.